The number of nitro groups is 1. The van der Waals surface area contributed by atoms with Crippen LogP contribution in [0.5, 0.6) is 11.6 Å². The summed E-state index contributed by atoms with van der Waals surface area (Å²) in [6, 6.07) is 3.15. The van der Waals surface area contributed by atoms with E-state index in [-0.39, 0.29) is 17.3 Å². The lowest BCUT2D eigenvalue weighted by atomic mass is 10.2. The van der Waals surface area contributed by atoms with Crippen LogP contribution in [0, 0.1) is 24.0 Å². The fourth-order valence-electron chi connectivity index (χ4n) is 1.87. The van der Waals surface area contributed by atoms with E-state index in [9.17, 15) is 10.1 Å². The zero-order valence-corrected chi connectivity index (χ0v) is 13.3. The van der Waals surface area contributed by atoms with Crippen molar-refractivity contribution in [1.29, 1.82) is 0 Å². The molecule has 0 saturated heterocycles. The zero-order chi connectivity index (χ0) is 15.6. The van der Waals surface area contributed by atoms with E-state index in [1.807, 2.05) is 0 Å². The van der Waals surface area contributed by atoms with E-state index < -0.39 is 4.92 Å². The van der Waals surface area contributed by atoms with E-state index in [1.165, 1.54) is 12.4 Å². The fourth-order valence-corrected chi connectivity index (χ4v) is 2.43. The highest BCUT2D eigenvalue weighted by Crippen LogP contribution is 2.37. The van der Waals surface area contributed by atoms with Gasteiger partial charge in [-0.25, -0.2) is 9.97 Å². The Bertz CT molecular complexity index is 706. The number of hydrogen-bond donors (Lipinski definition) is 1. The van der Waals surface area contributed by atoms with Gasteiger partial charge in [0.15, 0.2) is 0 Å². The van der Waals surface area contributed by atoms with Gasteiger partial charge in [0.2, 0.25) is 11.6 Å². The van der Waals surface area contributed by atoms with Gasteiger partial charge in [0.1, 0.15) is 12.1 Å². The molecule has 1 heterocycles. The van der Waals surface area contributed by atoms with E-state index in [0.717, 1.165) is 0 Å². The highest BCUT2D eigenvalue weighted by Gasteiger charge is 2.21. The number of nitro benzene ring substituents is 1. The second-order valence-corrected chi connectivity index (χ2v) is 5.25. The van der Waals surface area contributed by atoms with Crippen molar-refractivity contribution in [1.82, 2.24) is 9.97 Å². The van der Waals surface area contributed by atoms with Gasteiger partial charge in [0, 0.05) is 23.2 Å². The Morgan fingerprint density at radius 2 is 2.05 bits per heavy atom. The van der Waals surface area contributed by atoms with Gasteiger partial charge < -0.3 is 10.1 Å². The second-order valence-electron chi connectivity index (χ2n) is 4.33. The summed E-state index contributed by atoms with van der Waals surface area (Å²) in [5.74, 6) is 1.06. The van der Waals surface area contributed by atoms with Gasteiger partial charge in [-0.05, 0) is 19.9 Å². The first-order chi connectivity index (χ1) is 9.93. The number of halogens is 1. The van der Waals surface area contributed by atoms with Crippen LogP contribution in [0.15, 0.2) is 22.9 Å². The molecule has 1 N–H and O–H groups in total. The number of benzene rings is 1. The zero-order valence-electron chi connectivity index (χ0n) is 11.7. The van der Waals surface area contributed by atoms with E-state index >= 15 is 0 Å². The minimum absolute atomic E-state index is 0.120. The molecule has 0 aliphatic heterocycles. The van der Waals surface area contributed by atoms with Gasteiger partial charge in [-0.1, -0.05) is 15.9 Å². The maximum absolute atomic E-state index is 11.2. The third-order valence-corrected chi connectivity index (χ3v) is 3.35. The minimum atomic E-state index is -0.484. The number of nitrogens with one attached hydrogen (secondary N) is 1. The van der Waals surface area contributed by atoms with Crippen molar-refractivity contribution in [2.45, 2.75) is 13.8 Å². The monoisotopic (exact) mass is 352 g/mol. The van der Waals surface area contributed by atoms with Crippen LogP contribution in [0.25, 0.3) is 0 Å². The van der Waals surface area contributed by atoms with Gasteiger partial charge in [0.25, 0.3) is 0 Å². The van der Waals surface area contributed by atoms with Gasteiger partial charge in [-0.3, -0.25) is 10.1 Å². The van der Waals surface area contributed by atoms with E-state index in [4.69, 9.17) is 4.74 Å². The Balaban J connectivity index is 2.52. The van der Waals surface area contributed by atoms with Crippen molar-refractivity contribution in [2.24, 2.45) is 0 Å². The van der Waals surface area contributed by atoms with Crippen LogP contribution < -0.4 is 10.1 Å². The van der Waals surface area contributed by atoms with Crippen LogP contribution in [-0.4, -0.2) is 21.9 Å². The van der Waals surface area contributed by atoms with Crippen molar-refractivity contribution in [3.8, 4) is 11.6 Å². The number of rotatable bonds is 4. The van der Waals surface area contributed by atoms with Crippen LogP contribution in [-0.2, 0) is 0 Å². The lowest BCUT2D eigenvalue weighted by Crippen LogP contribution is -2.02. The Morgan fingerprint density at radius 3 is 2.67 bits per heavy atom. The molecule has 0 saturated carbocycles. The topological polar surface area (TPSA) is 90.2 Å². The smallest absolute Gasteiger partial charge is 0.313 e. The third-order valence-electron chi connectivity index (χ3n) is 2.89. The van der Waals surface area contributed by atoms with Crippen LogP contribution >= 0.6 is 15.9 Å². The molecule has 1 aromatic carbocycles. The number of ether oxygens (including phenoxy) is 1. The Labute approximate surface area is 129 Å². The van der Waals surface area contributed by atoms with Crippen molar-refractivity contribution < 1.29 is 9.66 Å². The summed E-state index contributed by atoms with van der Waals surface area (Å²) in [5, 5.41) is 14.1. The molecular weight excluding hydrogens is 340 g/mol. The molecular formula is C13H13BrN4O3. The van der Waals surface area contributed by atoms with Crippen LogP contribution in [0.1, 0.15) is 11.1 Å². The fraction of sp³-hybridized carbons (Fsp3) is 0.231. The van der Waals surface area contributed by atoms with Gasteiger partial charge in [0.05, 0.1) is 10.5 Å². The molecule has 0 atom stereocenters. The van der Waals surface area contributed by atoms with Crippen molar-refractivity contribution in [3.63, 3.8) is 0 Å². The number of nitrogens with zero attached hydrogens (tertiary/aromatic N) is 3. The molecule has 2 rings (SSSR count). The Hall–Kier alpha value is -2.22. The van der Waals surface area contributed by atoms with Crippen molar-refractivity contribution in [3.05, 3.63) is 44.2 Å². The molecule has 8 heteroatoms. The van der Waals surface area contributed by atoms with Crippen LogP contribution in [0.4, 0.5) is 11.5 Å². The van der Waals surface area contributed by atoms with Crippen molar-refractivity contribution >= 4 is 27.4 Å². The summed E-state index contributed by atoms with van der Waals surface area (Å²) < 4.78 is 6.30. The maximum atomic E-state index is 11.2. The van der Waals surface area contributed by atoms with E-state index in [1.54, 1.807) is 27.0 Å². The summed E-state index contributed by atoms with van der Waals surface area (Å²) >= 11 is 3.24. The molecule has 0 radical (unpaired) electrons. The predicted molar refractivity (Wildman–Crippen MR) is 81.9 cm³/mol. The summed E-state index contributed by atoms with van der Waals surface area (Å²) in [6.07, 6.45) is 1.34. The predicted octanol–water partition coefficient (Wildman–Crippen LogP) is 3.60. The van der Waals surface area contributed by atoms with Gasteiger partial charge in [-0.15, -0.1) is 0 Å². The van der Waals surface area contributed by atoms with Crippen molar-refractivity contribution in [2.75, 3.05) is 12.4 Å². The molecule has 21 heavy (non-hydrogen) atoms. The number of aromatic nitrogens is 2. The first-order valence-corrected chi connectivity index (χ1v) is 6.85. The number of hydrogen-bond acceptors (Lipinski definition) is 6. The summed E-state index contributed by atoms with van der Waals surface area (Å²) in [7, 11) is 1.73. The second kappa shape index (κ2) is 6.04. The maximum Gasteiger partial charge on any atom is 0.313 e. The van der Waals surface area contributed by atoms with Gasteiger partial charge >= 0.3 is 5.69 Å². The quantitative estimate of drug-likeness (QED) is 0.667. The lowest BCUT2D eigenvalue weighted by Gasteiger charge is -2.12. The highest BCUT2D eigenvalue weighted by molar-refractivity contribution is 9.10. The summed E-state index contributed by atoms with van der Waals surface area (Å²) in [4.78, 5) is 18.8. The lowest BCUT2D eigenvalue weighted by molar-refractivity contribution is -0.385. The number of anilines is 1. The standard InChI is InChI=1S/C13H13BrN4O3/c1-7-4-9(14)5-10(18(19)20)11(7)21-13-8(2)12(15-3)16-6-17-13/h4-6H,1-3H3,(H,15,16,17). The molecule has 0 fully saturated rings. The third kappa shape index (κ3) is 3.10. The highest BCUT2D eigenvalue weighted by atomic mass is 79.9. The van der Waals surface area contributed by atoms with E-state index in [0.29, 0.717) is 21.4 Å². The normalized spacial score (nSPS) is 10.3. The first kappa shape index (κ1) is 15.2. The molecule has 1 aromatic heterocycles. The summed E-state index contributed by atoms with van der Waals surface area (Å²) in [6.45, 7) is 3.52. The summed E-state index contributed by atoms with van der Waals surface area (Å²) in [5.41, 5.74) is 1.20. The molecule has 2 aromatic rings. The minimum Gasteiger partial charge on any atom is -0.431 e. The van der Waals surface area contributed by atoms with Crippen LogP contribution in [0.2, 0.25) is 0 Å². The van der Waals surface area contributed by atoms with Crippen LogP contribution in [0.3, 0.4) is 0 Å². The molecule has 0 unspecified atom stereocenters. The van der Waals surface area contributed by atoms with Gasteiger partial charge in [-0.2, -0.15) is 0 Å². The molecule has 0 bridgehead atoms. The molecule has 7 nitrogen and oxygen atoms in total. The average Bonchev–Trinajstić information content (AvgIpc) is 2.43. The molecule has 0 spiro atoms. The Morgan fingerprint density at radius 1 is 1.33 bits per heavy atom. The van der Waals surface area contributed by atoms with E-state index in [2.05, 4.69) is 31.2 Å². The molecule has 0 aliphatic rings. The largest absolute Gasteiger partial charge is 0.431 e. The Kier molecular flexibility index (Phi) is 4.37. The first-order valence-electron chi connectivity index (χ1n) is 6.05. The molecule has 0 amide bonds. The average molecular weight is 353 g/mol. The number of aryl methyl sites for hydroxylation is 1. The molecule has 0 aliphatic carbocycles. The molecule has 110 valence electrons. The SMILES string of the molecule is CNc1ncnc(Oc2c(C)cc(Br)cc2[N+](=O)[O-])c1C.